The molecule has 2 aromatic rings. The normalized spacial score (nSPS) is 13.9. The van der Waals surface area contributed by atoms with Gasteiger partial charge in [0.2, 0.25) is 0 Å². The molecule has 0 aliphatic carbocycles. The van der Waals surface area contributed by atoms with Gasteiger partial charge in [-0.2, -0.15) is 0 Å². The van der Waals surface area contributed by atoms with Crippen LogP contribution in [0.4, 0.5) is 0 Å². The van der Waals surface area contributed by atoms with Gasteiger partial charge in [-0.25, -0.2) is 0 Å². The molecule has 0 fully saturated rings. The molecule has 0 radical (unpaired) electrons. The van der Waals surface area contributed by atoms with Crippen LogP contribution in [0.3, 0.4) is 0 Å². The molecule has 0 nitrogen and oxygen atoms in total. The number of hydrogen-bond donors (Lipinski definition) is 0. The van der Waals surface area contributed by atoms with Crippen molar-refractivity contribution < 1.29 is 0 Å². The molecule has 1 atom stereocenters. The van der Waals surface area contributed by atoms with Crippen LogP contribution in [0.5, 0.6) is 0 Å². The molecule has 0 spiro atoms. The second-order valence-corrected chi connectivity index (χ2v) is 6.16. The zero-order valence-corrected chi connectivity index (χ0v) is 12.0. The van der Waals surface area contributed by atoms with E-state index in [0.29, 0.717) is 0 Å². The molecular formula is C16H18Li2. The number of hydrogen-bond acceptors (Lipinski definition) is 0. The van der Waals surface area contributed by atoms with Crippen LogP contribution < -0.4 is 0 Å². The molecule has 0 N–H and O–H groups in total. The summed E-state index contributed by atoms with van der Waals surface area (Å²) in [6, 6.07) is 15.5. The molecular weight excluding hydrogens is 206 g/mol. The summed E-state index contributed by atoms with van der Waals surface area (Å²) in [4.78, 5) is 0. The second kappa shape index (κ2) is 5.90. The van der Waals surface area contributed by atoms with Gasteiger partial charge in [-0.3, -0.25) is 0 Å². The Labute approximate surface area is 129 Å². The van der Waals surface area contributed by atoms with Crippen LogP contribution in [0, 0.1) is 5.92 Å². The van der Waals surface area contributed by atoms with E-state index in [1.54, 1.807) is 0 Å². The Kier molecular flexibility index (Phi) is 4.69. The van der Waals surface area contributed by atoms with Crippen LogP contribution in [0.25, 0.3) is 10.8 Å². The van der Waals surface area contributed by atoms with E-state index in [1.165, 1.54) is 29.2 Å². The van der Waals surface area contributed by atoms with Gasteiger partial charge in [0.05, 0.1) is 0 Å². The van der Waals surface area contributed by atoms with E-state index < -0.39 is 0 Å². The summed E-state index contributed by atoms with van der Waals surface area (Å²) >= 11 is 4.73. The van der Waals surface area contributed by atoms with E-state index in [2.05, 4.69) is 91.7 Å². The van der Waals surface area contributed by atoms with E-state index in [4.69, 9.17) is 0 Å². The first-order valence-corrected chi connectivity index (χ1v) is 7.02. The summed E-state index contributed by atoms with van der Waals surface area (Å²) < 4.78 is 0.263. The molecule has 0 amide bonds. The van der Waals surface area contributed by atoms with Crippen molar-refractivity contribution in [1.82, 2.24) is 0 Å². The molecule has 0 aliphatic rings. The molecule has 0 saturated carbocycles. The van der Waals surface area contributed by atoms with Crippen molar-refractivity contribution in [1.29, 1.82) is 0 Å². The maximum absolute atomic E-state index is 2.36. The van der Waals surface area contributed by atoms with E-state index >= 15 is 0 Å². The van der Waals surface area contributed by atoms with Gasteiger partial charge in [0, 0.05) is 0 Å². The van der Waals surface area contributed by atoms with Crippen LogP contribution in [-0.2, 0) is 2.76 Å². The van der Waals surface area contributed by atoms with Crippen molar-refractivity contribution in [2.75, 3.05) is 0 Å². The van der Waals surface area contributed by atoms with Gasteiger partial charge >= 0.3 is 130 Å². The van der Waals surface area contributed by atoms with Crippen molar-refractivity contribution in [2.24, 2.45) is 5.92 Å². The Bertz CT molecular complexity index is 531. The first kappa shape index (κ1) is 14.3. The van der Waals surface area contributed by atoms with Crippen molar-refractivity contribution >= 4 is 46.2 Å². The summed E-state index contributed by atoms with van der Waals surface area (Å²) in [5.41, 5.74) is 1.46. The summed E-state index contributed by atoms with van der Waals surface area (Å²) in [5.74, 6) is 0.784. The Morgan fingerprint density at radius 1 is 1.06 bits per heavy atom. The summed E-state index contributed by atoms with van der Waals surface area (Å²) in [6.07, 6.45) is 2.51. The van der Waals surface area contributed by atoms with Crippen molar-refractivity contribution in [3.63, 3.8) is 0 Å². The molecule has 1 unspecified atom stereocenters. The van der Waals surface area contributed by atoms with Gasteiger partial charge in [-0.05, 0) is 0 Å². The van der Waals surface area contributed by atoms with E-state index in [9.17, 15) is 0 Å². The van der Waals surface area contributed by atoms with E-state index in [-0.39, 0.29) is 2.76 Å². The second-order valence-electron chi connectivity index (χ2n) is 6.16. The molecule has 2 heteroatoms. The predicted molar refractivity (Wildman–Crippen MR) is 81.2 cm³/mol. The van der Waals surface area contributed by atoms with Gasteiger partial charge in [-0.15, -0.1) is 0 Å². The maximum atomic E-state index is 2.36. The molecule has 18 heavy (non-hydrogen) atoms. The predicted octanol–water partition coefficient (Wildman–Crippen LogP) is 3.77. The van der Waals surface area contributed by atoms with Crippen LogP contribution in [-0.4, -0.2) is 35.4 Å². The molecule has 0 aromatic heterocycles. The quantitative estimate of drug-likeness (QED) is 0.693. The molecule has 2 rings (SSSR count). The van der Waals surface area contributed by atoms with Crippen molar-refractivity contribution in [3.8, 4) is 0 Å². The standard InChI is InChI=1S/C16H18.2Li/c1-3-13(2)8-9-14-10-11-15-6-4-5-7-16(15)12-14;;/h4-7,10-13H,3,8H2,1-2H3;;. The van der Waals surface area contributed by atoms with Crippen LogP contribution in [0.15, 0.2) is 42.5 Å². The van der Waals surface area contributed by atoms with Gasteiger partial charge in [-0.1, -0.05) is 0 Å². The first-order chi connectivity index (χ1) is 8.53. The van der Waals surface area contributed by atoms with Gasteiger partial charge in [0.1, 0.15) is 0 Å². The van der Waals surface area contributed by atoms with Crippen molar-refractivity contribution in [3.05, 3.63) is 48.0 Å². The molecule has 0 bridgehead atoms. The average Bonchev–Trinajstić information content (AvgIpc) is 2.37. The third-order valence-electron chi connectivity index (χ3n) is 4.09. The van der Waals surface area contributed by atoms with Gasteiger partial charge in [0.15, 0.2) is 0 Å². The van der Waals surface area contributed by atoms with Gasteiger partial charge < -0.3 is 0 Å². The first-order valence-electron chi connectivity index (χ1n) is 7.02. The Balaban J connectivity index is 2.35. The minimum atomic E-state index is 0.263. The zero-order valence-electron chi connectivity index (χ0n) is 12.0. The monoisotopic (exact) mass is 224 g/mol. The third kappa shape index (κ3) is 3.26. The summed E-state index contributed by atoms with van der Waals surface area (Å²) in [7, 11) is 0. The van der Waals surface area contributed by atoms with Crippen LogP contribution >= 0.6 is 0 Å². The number of benzene rings is 2. The Morgan fingerprint density at radius 3 is 2.39 bits per heavy atom. The van der Waals surface area contributed by atoms with Gasteiger partial charge in [0.25, 0.3) is 0 Å². The zero-order chi connectivity index (χ0) is 13.2. The fraction of sp³-hybridized carbons (Fsp3) is 0.375. The minimum absolute atomic E-state index is 0.263. The topological polar surface area (TPSA) is 0 Å². The fourth-order valence-electron chi connectivity index (χ4n) is 2.74. The van der Waals surface area contributed by atoms with Crippen LogP contribution in [0.1, 0.15) is 32.3 Å². The summed E-state index contributed by atoms with van der Waals surface area (Å²) in [5, 5.41) is 2.69. The van der Waals surface area contributed by atoms with E-state index in [0.717, 1.165) is 5.92 Å². The molecule has 0 heterocycles. The SMILES string of the molecule is [Li][C]([Li])(CC(C)CC)c1ccc2ccccc2c1. The number of fused-ring (bicyclic) bond motifs is 1. The number of rotatable bonds is 4. The molecule has 84 valence electrons. The molecule has 0 aliphatic heterocycles. The average molecular weight is 224 g/mol. The Morgan fingerprint density at radius 2 is 1.72 bits per heavy atom. The van der Waals surface area contributed by atoms with Crippen molar-refractivity contribution in [2.45, 2.75) is 29.5 Å². The molecule has 0 saturated heterocycles. The third-order valence-corrected chi connectivity index (χ3v) is 4.09. The molecule has 2 aromatic carbocycles. The fourth-order valence-corrected chi connectivity index (χ4v) is 2.74. The van der Waals surface area contributed by atoms with Crippen LogP contribution in [0.2, 0.25) is 0 Å². The Hall–Kier alpha value is -0.105. The van der Waals surface area contributed by atoms with E-state index in [1.807, 2.05) is 0 Å². The summed E-state index contributed by atoms with van der Waals surface area (Å²) in [6.45, 7) is 4.63.